The number of carbonyl (C=O) groups is 1. The van der Waals surface area contributed by atoms with E-state index in [1.165, 1.54) is 12.1 Å². The Balaban J connectivity index is 2.22. The molecule has 0 aliphatic rings. The van der Waals surface area contributed by atoms with Crippen molar-refractivity contribution in [3.05, 3.63) is 57.4 Å². The first kappa shape index (κ1) is 13.7. The van der Waals surface area contributed by atoms with E-state index in [9.17, 15) is 14.9 Å². The molecule has 1 aromatic heterocycles. The fourth-order valence-corrected chi connectivity index (χ4v) is 1.92. The number of aromatic amines is 1. The van der Waals surface area contributed by atoms with Crippen molar-refractivity contribution in [1.82, 2.24) is 15.5 Å². The van der Waals surface area contributed by atoms with Gasteiger partial charge >= 0.3 is 0 Å². The highest BCUT2D eigenvalue weighted by molar-refractivity contribution is 5.96. The van der Waals surface area contributed by atoms with E-state index in [0.717, 1.165) is 5.56 Å². The van der Waals surface area contributed by atoms with E-state index in [2.05, 4.69) is 15.5 Å². The van der Waals surface area contributed by atoms with Crippen molar-refractivity contribution >= 4 is 11.6 Å². The van der Waals surface area contributed by atoms with Crippen molar-refractivity contribution in [2.24, 2.45) is 0 Å². The van der Waals surface area contributed by atoms with Gasteiger partial charge in [0.1, 0.15) is 0 Å². The van der Waals surface area contributed by atoms with E-state index >= 15 is 0 Å². The van der Waals surface area contributed by atoms with Gasteiger partial charge in [0.15, 0.2) is 0 Å². The molecule has 1 amide bonds. The van der Waals surface area contributed by atoms with Crippen molar-refractivity contribution in [3.8, 4) is 0 Å². The summed E-state index contributed by atoms with van der Waals surface area (Å²) in [6.07, 6.45) is 3.30. The molecule has 2 rings (SSSR count). The van der Waals surface area contributed by atoms with Gasteiger partial charge in [-0.05, 0) is 19.9 Å². The molecule has 0 aliphatic heterocycles. The molecule has 20 heavy (non-hydrogen) atoms. The van der Waals surface area contributed by atoms with Crippen LogP contribution in [0, 0.1) is 17.0 Å². The number of hydrogen-bond donors (Lipinski definition) is 2. The molecule has 0 saturated carbocycles. The lowest BCUT2D eigenvalue weighted by Crippen LogP contribution is -2.27. The maximum absolute atomic E-state index is 12.2. The molecule has 1 aromatic carbocycles. The van der Waals surface area contributed by atoms with Crippen molar-refractivity contribution in [1.29, 1.82) is 0 Å². The molecule has 2 N–H and O–H groups in total. The SMILES string of the molecule is Cc1c(C(=O)NC(C)c2cn[nH]c2)cccc1[N+](=O)[O-]. The van der Waals surface area contributed by atoms with Crippen molar-refractivity contribution in [2.75, 3.05) is 0 Å². The number of nitro benzene ring substituents is 1. The molecule has 0 bridgehead atoms. The third-order valence-corrected chi connectivity index (χ3v) is 3.11. The molecule has 7 heteroatoms. The van der Waals surface area contributed by atoms with Gasteiger partial charge in [-0.3, -0.25) is 20.0 Å². The topological polar surface area (TPSA) is 101 Å². The average molecular weight is 274 g/mol. The first-order chi connectivity index (χ1) is 9.50. The second-order valence-electron chi connectivity index (χ2n) is 4.43. The molecule has 0 fully saturated rings. The lowest BCUT2D eigenvalue weighted by atomic mass is 10.1. The second-order valence-corrected chi connectivity index (χ2v) is 4.43. The van der Waals surface area contributed by atoms with E-state index in [-0.39, 0.29) is 17.6 Å². The number of nitro groups is 1. The Hall–Kier alpha value is -2.70. The van der Waals surface area contributed by atoms with Crippen LogP contribution in [0.3, 0.4) is 0 Å². The summed E-state index contributed by atoms with van der Waals surface area (Å²) in [5.41, 5.74) is 1.43. The lowest BCUT2D eigenvalue weighted by molar-refractivity contribution is -0.385. The predicted octanol–water partition coefficient (Wildman–Crippen LogP) is 2.12. The molecular formula is C13H14N4O3. The highest BCUT2D eigenvalue weighted by Crippen LogP contribution is 2.21. The van der Waals surface area contributed by atoms with E-state index in [4.69, 9.17) is 0 Å². The summed E-state index contributed by atoms with van der Waals surface area (Å²) in [5.74, 6) is -0.347. The van der Waals surface area contributed by atoms with Crippen LogP contribution < -0.4 is 5.32 Å². The summed E-state index contributed by atoms with van der Waals surface area (Å²) in [6.45, 7) is 3.38. The van der Waals surface area contributed by atoms with E-state index < -0.39 is 4.92 Å². The smallest absolute Gasteiger partial charge is 0.273 e. The molecule has 0 radical (unpaired) electrons. The Morgan fingerprint density at radius 2 is 2.25 bits per heavy atom. The van der Waals surface area contributed by atoms with Gasteiger partial charge in [-0.15, -0.1) is 0 Å². The molecule has 2 aromatic rings. The Labute approximate surface area is 115 Å². The Morgan fingerprint density at radius 1 is 1.50 bits per heavy atom. The minimum Gasteiger partial charge on any atom is -0.345 e. The van der Waals surface area contributed by atoms with Crippen LogP contribution in [0.25, 0.3) is 0 Å². The van der Waals surface area contributed by atoms with Gasteiger partial charge in [0.2, 0.25) is 0 Å². The molecule has 7 nitrogen and oxygen atoms in total. The maximum atomic E-state index is 12.2. The Bertz CT molecular complexity index is 637. The van der Waals surface area contributed by atoms with E-state index in [0.29, 0.717) is 11.1 Å². The monoisotopic (exact) mass is 274 g/mol. The number of hydrogen-bond acceptors (Lipinski definition) is 4. The average Bonchev–Trinajstić information content (AvgIpc) is 2.92. The van der Waals surface area contributed by atoms with Gasteiger partial charge in [0.05, 0.1) is 17.2 Å². The van der Waals surface area contributed by atoms with Crippen molar-refractivity contribution in [2.45, 2.75) is 19.9 Å². The standard InChI is InChI=1S/C13H14N4O3/c1-8-11(4-3-5-12(8)17(19)20)13(18)16-9(2)10-6-14-15-7-10/h3-7,9H,1-2H3,(H,14,15)(H,16,18). The largest absolute Gasteiger partial charge is 0.345 e. The number of rotatable bonds is 4. The summed E-state index contributed by atoms with van der Waals surface area (Å²) in [7, 11) is 0. The van der Waals surface area contributed by atoms with Crippen LogP contribution in [-0.2, 0) is 0 Å². The molecule has 0 spiro atoms. The molecular weight excluding hydrogens is 260 g/mol. The molecule has 1 unspecified atom stereocenters. The summed E-state index contributed by atoms with van der Waals surface area (Å²) >= 11 is 0. The molecule has 1 atom stereocenters. The summed E-state index contributed by atoms with van der Waals surface area (Å²) < 4.78 is 0. The van der Waals surface area contributed by atoms with Crippen LogP contribution in [0.1, 0.15) is 34.5 Å². The van der Waals surface area contributed by atoms with Gasteiger partial charge in [-0.25, -0.2) is 0 Å². The molecule has 1 heterocycles. The number of aromatic nitrogens is 2. The first-order valence-electron chi connectivity index (χ1n) is 6.04. The fourth-order valence-electron chi connectivity index (χ4n) is 1.92. The van der Waals surface area contributed by atoms with Crippen LogP contribution in [0.4, 0.5) is 5.69 Å². The van der Waals surface area contributed by atoms with Crippen LogP contribution in [0.5, 0.6) is 0 Å². The van der Waals surface area contributed by atoms with Gasteiger partial charge in [-0.1, -0.05) is 6.07 Å². The quantitative estimate of drug-likeness (QED) is 0.658. The van der Waals surface area contributed by atoms with Gasteiger partial charge in [0.25, 0.3) is 11.6 Å². The van der Waals surface area contributed by atoms with Crippen molar-refractivity contribution < 1.29 is 9.72 Å². The van der Waals surface area contributed by atoms with E-state index in [1.807, 2.05) is 6.92 Å². The van der Waals surface area contributed by atoms with Crippen LogP contribution in [0.2, 0.25) is 0 Å². The normalized spacial score (nSPS) is 11.9. The highest BCUT2D eigenvalue weighted by Gasteiger charge is 2.19. The number of nitrogens with one attached hydrogen (secondary N) is 2. The lowest BCUT2D eigenvalue weighted by Gasteiger charge is -2.13. The number of carbonyl (C=O) groups excluding carboxylic acids is 1. The van der Waals surface area contributed by atoms with Crippen LogP contribution in [-0.4, -0.2) is 21.0 Å². The van der Waals surface area contributed by atoms with Gasteiger partial charge < -0.3 is 5.32 Å². The number of H-pyrrole nitrogens is 1. The third-order valence-electron chi connectivity index (χ3n) is 3.11. The third kappa shape index (κ3) is 2.66. The van der Waals surface area contributed by atoms with Crippen molar-refractivity contribution in [3.63, 3.8) is 0 Å². The highest BCUT2D eigenvalue weighted by atomic mass is 16.6. The van der Waals surface area contributed by atoms with Crippen LogP contribution in [0.15, 0.2) is 30.6 Å². The van der Waals surface area contributed by atoms with Gasteiger partial charge in [-0.2, -0.15) is 5.10 Å². The summed E-state index contributed by atoms with van der Waals surface area (Å²) in [5, 5.41) is 20.1. The maximum Gasteiger partial charge on any atom is 0.273 e. The zero-order valence-electron chi connectivity index (χ0n) is 11.1. The molecule has 0 saturated heterocycles. The Kier molecular flexibility index (Phi) is 3.79. The summed E-state index contributed by atoms with van der Waals surface area (Å²) in [4.78, 5) is 22.6. The minimum absolute atomic E-state index is 0.0615. The minimum atomic E-state index is -0.494. The predicted molar refractivity (Wildman–Crippen MR) is 72.3 cm³/mol. The van der Waals surface area contributed by atoms with Gasteiger partial charge in [0, 0.05) is 29.0 Å². The number of benzene rings is 1. The first-order valence-corrected chi connectivity index (χ1v) is 6.04. The summed E-state index contributed by atoms with van der Waals surface area (Å²) in [6, 6.07) is 4.22. The molecule has 0 aliphatic carbocycles. The zero-order valence-corrected chi connectivity index (χ0v) is 11.1. The fraction of sp³-hybridized carbons (Fsp3) is 0.231. The Morgan fingerprint density at radius 3 is 2.85 bits per heavy atom. The number of amides is 1. The molecule has 104 valence electrons. The zero-order chi connectivity index (χ0) is 14.7. The van der Waals surface area contributed by atoms with Crippen LogP contribution >= 0.6 is 0 Å². The number of nitrogens with zero attached hydrogens (tertiary/aromatic N) is 2. The van der Waals surface area contributed by atoms with E-state index in [1.54, 1.807) is 25.4 Å². The second kappa shape index (κ2) is 5.52.